The molecule has 2 aromatic rings. The Bertz CT molecular complexity index is 689. The number of halogens is 2. The molecule has 0 spiro atoms. The quantitative estimate of drug-likeness (QED) is 0.869. The van der Waals surface area contributed by atoms with Crippen molar-refractivity contribution in [3.63, 3.8) is 0 Å². The highest BCUT2D eigenvalue weighted by molar-refractivity contribution is 6.41. The first-order chi connectivity index (χ1) is 10.1. The zero-order valence-corrected chi connectivity index (χ0v) is 13.0. The van der Waals surface area contributed by atoms with Crippen molar-refractivity contribution >= 4 is 23.2 Å². The molecule has 0 aliphatic heterocycles. The van der Waals surface area contributed by atoms with Gasteiger partial charge >= 0.3 is 0 Å². The Morgan fingerprint density at radius 2 is 2.00 bits per heavy atom. The van der Waals surface area contributed by atoms with E-state index in [0.29, 0.717) is 12.6 Å². The molecule has 1 saturated carbocycles. The maximum atomic E-state index is 12.0. The molecule has 112 valence electrons. The summed E-state index contributed by atoms with van der Waals surface area (Å²) < 4.78 is 3.29. The molecule has 0 radical (unpaired) electrons. The zero-order chi connectivity index (χ0) is 14.8. The summed E-state index contributed by atoms with van der Waals surface area (Å²) in [4.78, 5) is 12.0. The molecular weight excluding hydrogens is 311 g/mol. The number of rotatable bonds is 3. The predicted octanol–water partition coefficient (Wildman–Crippen LogP) is 3.30. The lowest BCUT2D eigenvalue weighted by Crippen LogP contribution is -2.24. The molecule has 0 amide bonds. The van der Waals surface area contributed by atoms with Crippen LogP contribution in [0.25, 0.3) is 0 Å². The average molecular weight is 327 g/mol. The Balaban J connectivity index is 1.78. The van der Waals surface area contributed by atoms with Crippen LogP contribution in [0, 0.1) is 0 Å². The molecule has 5 nitrogen and oxygen atoms in total. The fourth-order valence-corrected chi connectivity index (χ4v) is 2.99. The van der Waals surface area contributed by atoms with E-state index in [4.69, 9.17) is 23.2 Å². The summed E-state index contributed by atoms with van der Waals surface area (Å²) in [5.41, 5.74) is 0.407. The van der Waals surface area contributed by atoms with Gasteiger partial charge < -0.3 is 0 Å². The number of hydrogen-bond acceptors (Lipinski definition) is 3. The van der Waals surface area contributed by atoms with Gasteiger partial charge in [0.05, 0.1) is 29.5 Å². The van der Waals surface area contributed by atoms with Gasteiger partial charge in [-0.05, 0) is 18.9 Å². The maximum absolute atomic E-state index is 12.0. The van der Waals surface area contributed by atoms with E-state index in [2.05, 4.69) is 10.2 Å². The van der Waals surface area contributed by atoms with Gasteiger partial charge in [0.2, 0.25) is 0 Å². The van der Waals surface area contributed by atoms with Gasteiger partial charge in [-0.25, -0.2) is 4.68 Å². The Hall–Kier alpha value is -1.33. The van der Waals surface area contributed by atoms with Gasteiger partial charge in [0.25, 0.3) is 5.56 Å². The van der Waals surface area contributed by atoms with Crippen molar-refractivity contribution in [3.8, 4) is 0 Å². The number of hydrogen-bond donors (Lipinski definition) is 0. The van der Waals surface area contributed by atoms with E-state index in [1.807, 2.05) is 16.9 Å². The summed E-state index contributed by atoms with van der Waals surface area (Å²) in [5.74, 6) is 0. The number of aromatic nitrogens is 4. The first-order valence-corrected chi connectivity index (χ1v) is 7.86. The lowest BCUT2D eigenvalue weighted by atomic mass is 9.96. The standard InChI is InChI=1S/C14H16Cl2N4O/c15-12-8-17-20(14(21)13(12)16)9-10-6-7-19(18-10)11-4-2-1-3-5-11/h6-8,11H,1-5,9H2. The Morgan fingerprint density at radius 3 is 2.76 bits per heavy atom. The molecule has 1 aliphatic carbocycles. The van der Waals surface area contributed by atoms with Crippen LogP contribution in [0.1, 0.15) is 43.8 Å². The summed E-state index contributed by atoms with van der Waals surface area (Å²) >= 11 is 11.6. The Labute approximate surface area is 132 Å². The van der Waals surface area contributed by atoms with Crippen molar-refractivity contribution in [1.29, 1.82) is 0 Å². The van der Waals surface area contributed by atoms with Crippen molar-refractivity contribution in [2.75, 3.05) is 0 Å². The van der Waals surface area contributed by atoms with E-state index in [-0.39, 0.29) is 10.0 Å². The molecule has 1 aliphatic rings. The molecule has 0 N–H and O–H groups in total. The first-order valence-electron chi connectivity index (χ1n) is 7.10. The topological polar surface area (TPSA) is 52.7 Å². The second kappa shape index (κ2) is 6.20. The molecule has 0 bridgehead atoms. The second-order valence-corrected chi connectivity index (χ2v) is 6.13. The molecule has 0 saturated heterocycles. The van der Waals surface area contributed by atoms with Crippen LogP contribution in [0.3, 0.4) is 0 Å². The molecule has 7 heteroatoms. The van der Waals surface area contributed by atoms with Gasteiger partial charge in [-0.3, -0.25) is 9.48 Å². The average Bonchev–Trinajstić information content (AvgIpc) is 2.97. The van der Waals surface area contributed by atoms with Crippen LogP contribution >= 0.6 is 23.2 Å². The fraction of sp³-hybridized carbons (Fsp3) is 0.500. The van der Waals surface area contributed by atoms with Crippen LogP contribution < -0.4 is 5.56 Å². The van der Waals surface area contributed by atoms with E-state index < -0.39 is 5.56 Å². The molecule has 1 fully saturated rings. The normalized spacial score (nSPS) is 16.3. The SMILES string of the molecule is O=c1c(Cl)c(Cl)cnn1Cc1ccn(C2CCCCC2)n1. The lowest BCUT2D eigenvalue weighted by Gasteiger charge is -2.21. The van der Waals surface area contributed by atoms with Crippen LogP contribution in [-0.2, 0) is 6.54 Å². The fourth-order valence-electron chi connectivity index (χ4n) is 2.72. The van der Waals surface area contributed by atoms with Crippen molar-refractivity contribution in [1.82, 2.24) is 19.6 Å². The van der Waals surface area contributed by atoms with Crippen molar-refractivity contribution in [3.05, 3.63) is 44.6 Å². The third kappa shape index (κ3) is 3.14. The third-order valence-corrected chi connectivity index (χ3v) is 4.62. The van der Waals surface area contributed by atoms with Crippen molar-refractivity contribution in [2.24, 2.45) is 0 Å². The number of nitrogens with zero attached hydrogens (tertiary/aromatic N) is 4. The van der Waals surface area contributed by atoms with Gasteiger partial charge in [-0.2, -0.15) is 10.2 Å². The molecular formula is C14H16Cl2N4O. The van der Waals surface area contributed by atoms with Crippen molar-refractivity contribution < 1.29 is 0 Å². The summed E-state index contributed by atoms with van der Waals surface area (Å²) in [6, 6.07) is 2.40. The van der Waals surface area contributed by atoms with Gasteiger partial charge in [0, 0.05) is 6.20 Å². The smallest absolute Gasteiger partial charge is 0.269 e. The van der Waals surface area contributed by atoms with Crippen LogP contribution in [0.5, 0.6) is 0 Å². The highest BCUT2D eigenvalue weighted by Gasteiger charge is 2.16. The van der Waals surface area contributed by atoms with Crippen LogP contribution in [-0.4, -0.2) is 19.6 Å². The van der Waals surface area contributed by atoms with Crippen molar-refractivity contribution in [2.45, 2.75) is 44.7 Å². The molecule has 0 aromatic carbocycles. The maximum Gasteiger partial charge on any atom is 0.287 e. The molecule has 2 aromatic heterocycles. The monoisotopic (exact) mass is 326 g/mol. The highest BCUT2D eigenvalue weighted by atomic mass is 35.5. The van der Waals surface area contributed by atoms with Crippen LogP contribution in [0.4, 0.5) is 0 Å². The first kappa shape index (κ1) is 14.6. The summed E-state index contributed by atoms with van der Waals surface area (Å²) in [5, 5.41) is 8.73. The van der Waals surface area contributed by atoms with Gasteiger partial charge in [-0.15, -0.1) is 0 Å². The van der Waals surface area contributed by atoms with Gasteiger partial charge in [-0.1, -0.05) is 42.5 Å². The third-order valence-electron chi connectivity index (χ3n) is 3.87. The van der Waals surface area contributed by atoms with E-state index in [1.54, 1.807) is 0 Å². The lowest BCUT2D eigenvalue weighted by molar-refractivity contribution is 0.327. The largest absolute Gasteiger partial charge is 0.287 e. The van der Waals surface area contributed by atoms with Gasteiger partial charge in [0.1, 0.15) is 5.02 Å². The highest BCUT2D eigenvalue weighted by Crippen LogP contribution is 2.27. The van der Waals surface area contributed by atoms with E-state index >= 15 is 0 Å². The minimum Gasteiger partial charge on any atom is -0.269 e. The summed E-state index contributed by atoms with van der Waals surface area (Å²) in [6.45, 7) is 0.301. The van der Waals surface area contributed by atoms with E-state index in [0.717, 1.165) is 5.69 Å². The van der Waals surface area contributed by atoms with Gasteiger partial charge in [0.15, 0.2) is 0 Å². The second-order valence-electron chi connectivity index (χ2n) is 5.35. The van der Waals surface area contributed by atoms with E-state index in [9.17, 15) is 4.79 Å². The molecule has 21 heavy (non-hydrogen) atoms. The molecule has 0 unspecified atom stereocenters. The van der Waals surface area contributed by atoms with Crippen LogP contribution in [0.2, 0.25) is 10.0 Å². The summed E-state index contributed by atoms with van der Waals surface area (Å²) in [6.07, 6.45) is 9.53. The zero-order valence-electron chi connectivity index (χ0n) is 11.5. The molecule has 3 rings (SSSR count). The minimum atomic E-state index is -0.392. The van der Waals surface area contributed by atoms with E-state index in [1.165, 1.54) is 43.0 Å². The molecule has 0 atom stereocenters. The summed E-state index contributed by atoms with van der Waals surface area (Å²) in [7, 11) is 0. The minimum absolute atomic E-state index is 0.00150. The van der Waals surface area contributed by atoms with Crippen LogP contribution in [0.15, 0.2) is 23.3 Å². The predicted molar refractivity (Wildman–Crippen MR) is 82.0 cm³/mol. The Kier molecular flexibility index (Phi) is 4.31. The Morgan fingerprint density at radius 1 is 1.24 bits per heavy atom. The molecule has 2 heterocycles.